The maximum atomic E-state index is 5.53. The predicted octanol–water partition coefficient (Wildman–Crippen LogP) is 0.608. The van der Waals surface area contributed by atoms with Gasteiger partial charge in [-0.05, 0) is 12.8 Å². The van der Waals surface area contributed by atoms with E-state index in [2.05, 4.69) is 15.5 Å². The molecule has 5 nitrogen and oxygen atoms in total. The van der Waals surface area contributed by atoms with Crippen molar-refractivity contribution < 1.29 is 9.26 Å². The predicted molar refractivity (Wildman–Crippen MR) is 47.8 cm³/mol. The van der Waals surface area contributed by atoms with Gasteiger partial charge in [-0.25, -0.2) is 0 Å². The van der Waals surface area contributed by atoms with Crippen LogP contribution in [0.25, 0.3) is 0 Å². The van der Waals surface area contributed by atoms with Crippen LogP contribution < -0.4 is 5.32 Å². The number of nitrogens with one attached hydrogen (secondary N) is 1. The highest BCUT2D eigenvalue weighted by molar-refractivity contribution is 5.03. The summed E-state index contributed by atoms with van der Waals surface area (Å²) in [6.07, 6.45) is 2.34. The average molecular weight is 195 g/mol. The smallest absolute Gasteiger partial charge is 0.229 e. The molecule has 14 heavy (non-hydrogen) atoms. The molecule has 0 radical (unpaired) electrons. The molecule has 0 aromatic carbocycles. The third-order valence-corrected chi connectivity index (χ3v) is 2.60. The molecule has 0 bridgehead atoms. The lowest BCUT2D eigenvalue weighted by Crippen LogP contribution is -2.33. The molecule has 1 saturated heterocycles. The molecule has 1 saturated carbocycles. The fraction of sp³-hybridized carbons (Fsp3) is 0.778. The van der Waals surface area contributed by atoms with Crippen LogP contribution in [0.2, 0.25) is 0 Å². The van der Waals surface area contributed by atoms with E-state index in [0.717, 1.165) is 25.6 Å². The zero-order valence-corrected chi connectivity index (χ0v) is 7.90. The minimum Gasteiger partial charge on any atom is -0.367 e. The van der Waals surface area contributed by atoms with E-state index in [1.54, 1.807) is 0 Å². The van der Waals surface area contributed by atoms with E-state index in [0.29, 0.717) is 11.7 Å². The molecule has 1 aliphatic heterocycles. The summed E-state index contributed by atoms with van der Waals surface area (Å²) >= 11 is 0. The minimum atomic E-state index is -0.0278. The van der Waals surface area contributed by atoms with Gasteiger partial charge in [-0.1, -0.05) is 5.16 Å². The second-order valence-corrected chi connectivity index (χ2v) is 3.83. The fourth-order valence-corrected chi connectivity index (χ4v) is 1.61. The van der Waals surface area contributed by atoms with Crippen LogP contribution in [0, 0.1) is 0 Å². The van der Waals surface area contributed by atoms with Crippen molar-refractivity contribution in [2.45, 2.75) is 24.9 Å². The van der Waals surface area contributed by atoms with Crippen LogP contribution >= 0.6 is 0 Å². The molecule has 0 amide bonds. The summed E-state index contributed by atoms with van der Waals surface area (Å²) < 4.78 is 10.7. The molecule has 1 aromatic heterocycles. The van der Waals surface area contributed by atoms with Crippen molar-refractivity contribution in [2.24, 2.45) is 0 Å². The Morgan fingerprint density at radius 1 is 1.36 bits per heavy atom. The van der Waals surface area contributed by atoms with Gasteiger partial charge in [0, 0.05) is 19.0 Å². The molecular weight excluding hydrogens is 182 g/mol. The molecule has 1 N–H and O–H groups in total. The summed E-state index contributed by atoms with van der Waals surface area (Å²) in [6.45, 7) is 2.41. The molecule has 1 unspecified atom stereocenters. The Morgan fingerprint density at radius 2 is 2.29 bits per heavy atom. The first-order valence-electron chi connectivity index (χ1n) is 5.09. The normalized spacial score (nSPS) is 27.9. The van der Waals surface area contributed by atoms with Crippen LogP contribution in [0.5, 0.6) is 0 Å². The topological polar surface area (TPSA) is 60.2 Å². The van der Waals surface area contributed by atoms with Crippen LogP contribution in [-0.4, -0.2) is 29.8 Å². The molecule has 1 aliphatic carbocycles. The molecule has 2 aliphatic rings. The Morgan fingerprint density at radius 3 is 3.00 bits per heavy atom. The second-order valence-electron chi connectivity index (χ2n) is 3.83. The van der Waals surface area contributed by atoms with Crippen molar-refractivity contribution in [1.29, 1.82) is 0 Å². The zero-order chi connectivity index (χ0) is 9.38. The summed E-state index contributed by atoms with van der Waals surface area (Å²) in [5, 5.41) is 7.19. The Kier molecular flexibility index (Phi) is 1.99. The van der Waals surface area contributed by atoms with E-state index in [1.807, 2.05) is 0 Å². The molecule has 3 rings (SSSR count). The fourth-order valence-electron chi connectivity index (χ4n) is 1.61. The Labute approximate surface area is 81.8 Å². The zero-order valence-electron chi connectivity index (χ0n) is 7.90. The molecular formula is C9H13N3O2. The molecule has 5 heteroatoms. The monoisotopic (exact) mass is 195 g/mol. The second kappa shape index (κ2) is 3.33. The third-order valence-electron chi connectivity index (χ3n) is 2.60. The Balaban J connectivity index is 1.74. The summed E-state index contributed by atoms with van der Waals surface area (Å²) in [6, 6.07) is 0. The number of ether oxygens (including phenoxy) is 1. The van der Waals surface area contributed by atoms with Crippen molar-refractivity contribution in [2.75, 3.05) is 19.7 Å². The number of hydrogen-bond donors (Lipinski definition) is 1. The summed E-state index contributed by atoms with van der Waals surface area (Å²) in [5.41, 5.74) is 0. The van der Waals surface area contributed by atoms with Gasteiger partial charge in [0.25, 0.3) is 0 Å². The van der Waals surface area contributed by atoms with E-state index >= 15 is 0 Å². The van der Waals surface area contributed by atoms with Gasteiger partial charge in [0.05, 0.1) is 6.61 Å². The molecule has 0 spiro atoms. The highest BCUT2D eigenvalue weighted by Gasteiger charge is 2.31. The van der Waals surface area contributed by atoms with E-state index < -0.39 is 0 Å². The maximum Gasteiger partial charge on any atom is 0.229 e. The first-order chi connectivity index (χ1) is 6.93. The maximum absolute atomic E-state index is 5.53. The quantitative estimate of drug-likeness (QED) is 0.749. The van der Waals surface area contributed by atoms with Crippen LogP contribution in [0.3, 0.4) is 0 Å². The van der Waals surface area contributed by atoms with Gasteiger partial charge in [0.15, 0.2) is 0 Å². The van der Waals surface area contributed by atoms with Gasteiger partial charge in [-0.15, -0.1) is 0 Å². The van der Waals surface area contributed by atoms with Crippen molar-refractivity contribution >= 4 is 0 Å². The molecule has 1 atom stereocenters. The van der Waals surface area contributed by atoms with Gasteiger partial charge < -0.3 is 14.6 Å². The van der Waals surface area contributed by atoms with Crippen molar-refractivity contribution in [3.05, 3.63) is 11.7 Å². The van der Waals surface area contributed by atoms with Gasteiger partial charge in [0.1, 0.15) is 6.10 Å². The Bertz CT molecular complexity index is 316. The molecule has 76 valence electrons. The summed E-state index contributed by atoms with van der Waals surface area (Å²) in [7, 11) is 0. The van der Waals surface area contributed by atoms with Crippen LogP contribution in [-0.2, 0) is 4.74 Å². The van der Waals surface area contributed by atoms with Crippen molar-refractivity contribution in [3.63, 3.8) is 0 Å². The van der Waals surface area contributed by atoms with E-state index in [1.165, 1.54) is 12.8 Å². The van der Waals surface area contributed by atoms with Gasteiger partial charge in [0.2, 0.25) is 11.7 Å². The standard InChI is InChI=1S/C9H13N3O2/c1-2-6(1)9-11-8(12-14-9)7-5-10-3-4-13-7/h6-7,10H,1-5H2. The summed E-state index contributed by atoms with van der Waals surface area (Å²) in [5.74, 6) is 2.00. The number of aromatic nitrogens is 2. The molecule has 1 aromatic rings. The van der Waals surface area contributed by atoms with Gasteiger partial charge >= 0.3 is 0 Å². The van der Waals surface area contributed by atoms with Crippen LogP contribution in [0.4, 0.5) is 0 Å². The average Bonchev–Trinajstić information content (AvgIpc) is 2.98. The highest BCUT2D eigenvalue weighted by Crippen LogP contribution is 2.39. The first kappa shape index (κ1) is 8.38. The van der Waals surface area contributed by atoms with Gasteiger partial charge in [-0.3, -0.25) is 0 Å². The summed E-state index contributed by atoms with van der Waals surface area (Å²) in [4.78, 5) is 4.35. The largest absolute Gasteiger partial charge is 0.367 e. The van der Waals surface area contributed by atoms with Crippen molar-refractivity contribution in [1.82, 2.24) is 15.5 Å². The van der Waals surface area contributed by atoms with E-state index in [9.17, 15) is 0 Å². The number of hydrogen-bond acceptors (Lipinski definition) is 5. The highest BCUT2D eigenvalue weighted by atomic mass is 16.5. The lowest BCUT2D eigenvalue weighted by atomic mass is 10.3. The molecule has 2 fully saturated rings. The van der Waals surface area contributed by atoms with Crippen LogP contribution in [0.15, 0.2) is 4.52 Å². The van der Waals surface area contributed by atoms with Gasteiger partial charge in [-0.2, -0.15) is 4.98 Å². The number of nitrogens with zero attached hydrogens (tertiary/aromatic N) is 2. The number of rotatable bonds is 2. The van der Waals surface area contributed by atoms with E-state index in [-0.39, 0.29) is 6.10 Å². The molecule has 2 heterocycles. The lowest BCUT2D eigenvalue weighted by Gasteiger charge is -2.20. The van der Waals surface area contributed by atoms with Crippen molar-refractivity contribution in [3.8, 4) is 0 Å². The lowest BCUT2D eigenvalue weighted by molar-refractivity contribution is 0.0208. The first-order valence-corrected chi connectivity index (χ1v) is 5.09. The third kappa shape index (κ3) is 1.53. The minimum absolute atomic E-state index is 0.0278. The van der Waals surface area contributed by atoms with E-state index in [4.69, 9.17) is 9.26 Å². The Hall–Kier alpha value is -0.940. The SMILES string of the molecule is C1COC(c2noc(C3CC3)n2)CN1. The van der Waals surface area contributed by atoms with Crippen LogP contribution in [0.1, 0.15) is 36.6 Å². The number of morpholine rings is 1.